The van der Waals surface area contributed by atoms with Gasteiger partial charge in [0.2, 0.25) is 0 Å². The van der Waals surface area contributed by atoms with E-state index in [0.717, 1.165) is 25.7 Å². The van der Waals surface area contributed by atoms with Gasteiger partial charge in [0.05, 0.1) is 0 Å². The van der Waals surface area contributed by atoms with Crippen LogP contribution in [0.5, 0.6) is 0 Å². The monoisotopic (exact) mass is 337 g/mol. The van der Waals surface area contributed by atoms with E-state index >= 15 is 0 Å². The number of rotatable bonds is 8. The average Bonchev–Trinajstić information content (AvgIpc) is 2.67. The van der Waals surface area contributed by atoms with Gasteiger partial charge in [-0.3, -0.25) is 0 Å². The Labute approximate surface area is 155 Å². The van der Waals surface area contributed by atoms with Crippen LogP contribution in [0.1, 0.15) is 64.5 Å². The van der Waals surface area contributed by atoms with E-state index in [4.69, 9.17) is 0 Å². The Balaban J connectivity index is 2.67. The van der Waals surface area contributed by atoms with Crippen LogP contribution in [-0.4, -0.2) is 14.1 Å². The first-order chi connectivity index (χ1) is 12.0. The van der Waals surface area contributed by atoms with Gasteiger partial charge in [-0.2, -0.15) is 0 Å². The van der Waals surface area contributed by atoms with Crippen LogP contribution in [0.25, 0.3) is 0 Å². The van der Waals surface area contributed by atoms with Crippen molar-refractivity contribution >= 4 is 5.69 Å². The molecule has 0 spiro atoms. The Bertz CT molecular complexity index is 632. The molecule has 25 heavy (non-hydrogen) atoms. The minimum absolute atomic E-state index is 0.155. The molecule has 0 aromatic heterocycles. The zero-order valence-corrected chi connectivity index (χ0v) is 17.0. The lowest BCUT2D eigenvalue weighted by molar-refractivity contribution is 0.177. The second-order valence-electron chi connectivity index (χ2n) is 7.39. The molecule has 0 amide bonds. The maximum absolute atomic E-state index is 2.37. The maximum Gasteiger partial charge on any atom is 0.0361 e. The molecule has 2 rings (SSSR count). The summed E-state index contributed by atoms with van der Waals surface area (Å²) in [6.07, 6.45) is 4.62. The van der Waals surface area contributed by atoms with Crippen molar-refractivity contribution in [3.05, 3.63) is 65.7 Å². The summed E-state index contributed by atoms with van der Waals surface area (Å²) >= 11 is 0. The SMILES string of the molecule is CCC(CC)(c1ccccc1)C(CC)(CC)c1ccc(N(C)C)cc1. The Morgan fingerprint density at radius 2 is 1.00 bits per heavy atom. The Morgan fingerprint density at radius 3 is 1.36 bits per heavy atom. The number of benzene rings is 2. The summed E-state index contributed by atoms with van der Waals surface area (Å²) in [7, 11) is 4.21. The molecule has 136 valence electrons. The van der Waals surface area contributed by atoms with Crippen LogP contribution < -0.4 is 4.90 Å². The highest BCUT2D eigenvalue weighted by Crippen LogP contribution is 2.53. The summed E-state index contributed by atoms with van der Waals surface area (Å²) in [5, 5.41) is 0. The van der Waals surface area contributed by atoms with Crippen molar-refractivity contribution in [2.75, 3.05) is 19.0 Å². The molecule has 0 aliphatic carbocycles. The summed E-state index contributed by atoms with van der Waals surface area (Å²) in [5.74, 6) is 0. The molecule has 0 fully saturated rings. The van der Waals surface area contributed by atoms with Crippen LogP contribution in [0.2, 0.25) is 0 Å². The molecule has 0 bridgehead atoms. The summed E-state index contributed by atoms with van der Waals surface area (Å²) in [4.78, 5) is 2.17. The molecule has 0 saturated carbocycles. The van der Waals surface area contributed by atoms with Crippen LogP contribution >= 0.6 is 0 Å². The molecule has 1 nitrogen and oxygen atoms in total. The molecule has 0 radical (unpaired) electrons. The molecule has 2 aromatic rings. The van der Waals surface area contributed by atoms with E-state index in [-0.39, 0.29) is 10.8 Å². The third-order valence-corrected chi connectivity index (χ3v) is 6.59. The molecule has 2 aromatic carbocycles. The Kier molecular flexibility index (Phi) is 6.32. The van der Waals surface area contributed by atoms with E-state index in [9.17, 15) is 0 Å². The van der Waals surface area contributed by atoms with Gasteiger partial charge >= 0.3 is 0 Å². The lowest BCUT2D eigenvalue weighted by Gasteiger charge is -2.51. The van der Waals surface area contributed by atoms with Crippen molar-refractivity contribution in [1.29, 1.82) is 0 Å². The van der Waals surface area contributed by atoms with Gasteiger partial charge in [-0.25, -0.2) is 0 Å². The number of hydrogen-bond acceptors (Lipinski definition) is 1. The van der Waals surface area contributed by atoms with Crippen molar-refractivity contribution < 1.29 is 0 Å². The highest BCUT2D eigenvalue weighted by molar-refractivity contribution is 5.49. The predicted molar refractivity (Wildman–Crippen MR) is 112 cm³/mol. The maximum atomic E-state index is 2.37. The smallest absolute Gasteiger partial charge is 0.0361 e. The number of hydrogen-bond donors (Lipinski definition) is 0. The minimum atomic E-state index is 0.155. The molecule has 0 aliphatic heterocycles. The van der Waals surface area contributed by atoms with E-state index in [1.165, 1.54) is 16.8 Å². The van der Waals surface area contributed by atoms with Crippen LogP contribution in [0.4, 0.5) is 5.69 Å². The molecular weight excluding hydrogens is 302 g/mol. The first-order valence-corrected chi connectivity index (χ1v) is 9.84. The van der Waals surface area contributed by atoms with Gasteiger partial charge in [0.25, 0.3) is 0 Å². The minimum Gasteiger partial charge on any atom is -0.378 e. The van der Waals surface area contributed by atoms with Gasteiger partial charge in [-0.1, -0.05) is 70.2 Å². The lowest BCUT2D eigenvalue weighted by Crippen LogP contribution is -2.48. The third-order valence-electron chi connectivity index (χ3n) is 6.59. The highest BCUT2D eigenvalue weighted by atomic mass is 15.1. The molecule has 0 N–H and O–H groups in total. The summed E-state index contributed by atoms with van der Waals surface area (Å²) in [5.41, 5.74) is 4.55. The predicted octanol–water partition coefficient (Wildman–Crippen LogP) is 6.57. The van der Waals surface area contributed by atoms with E-state index in [1.807, 2.05) is 0 Å². The highest BCUT2D eigenvalue weighted by Gasteiger charge is 2.48. The molecular formula is C24H35N. The van der Waals surface area contributed by atoms with E-state index < -0.39 is 0 Å². The molecule has 0 atom stereocenters. The fourth-order valence-corrected chi connectivity index (χ4v) is 5.06. The normalized spacial score (nSPS) is 12.2. The zero-order valence-electron chi connectivity index (χ0n) is 17.0. The molecule has 0 saturated heterocycles. The van der Waals surface area contributed by atoms with Crippen molar-refractivity contribution in [2.24, 2.45) is 0 Å². The second-order valence-corrected chi connectivity index (χ2v) is 7.39. The van der Waals surface area contributed by atoms with Crippen LogP contribution in [0, 0.1) is 0 Å². The topological polar surface area (TPSA) is 3.24 Å². The van der Waals surface area contributed by atoms with Gasteiger partial charge in [-0.15, -0.1) is 0 Å². The number of nitrogens with zero attached hydrogens (tertiary/aromatic N) is 1. The Hall–Kier alpha value is -1.76. The summed E-state index contributed by atoms with van der Waals surface area (Å²) < 4.78 is 0. The quantitative estimate of drug-likeness (QED) is 0.526. The van der Waals surface area contributed by atoms with Gasteiger partial charge in [0.1, 0.15) is 0 Å². The summed E-state index contributed by atoms with van der Waals surface area (Å²) in [6.45, 7) is 9.47. The van der Waals surface area contributed by atoms with E-state index in [0.29, 0.717) is 0 Å². The lowest BCUT2D eigenvalue weighted by atomic mass is 9.52. The molecule has 0 unspecified atom stereocenters. The van der Waals surface area contributed by atoms with Gasteiger partial charge < -0.3 is 4.90 Å². The molecule has 0 heterocycles. The van der Waals surface area contributed by atoms with Crippen molar-refractivity contribution in [3.63, 3.8) is 0 Å². The fourth-order valence-electron chi connectivity index (χ4n) is 5.06. The van der Waals surface area contributed by atoms with Crippen LogP contribution in [0.15, 0.2) is 54.6 Å². The van der Waals surface area contributed by atoms with E-state index in [1.54, 1.807) is 0 Å². The van der Waals surface area contributed by atoms with Gasteiger partial charge in [0, 0.05) is 30.6 Å². The first-order valence-electron chi connectivity index (χ1n) is 9.84. The third kappa shape index (κ3) is 3.21. The standard InChI is InChI=1S/C24H35N/c1-7-23(8-2,20-14-12-11-13-15-20)24(9-3,10-4)21-16-18-22(19-17-21)25(5)6/h11-19H,7-10H2,1-6H3. The first kappa shape index (κ1) is 19.6. The van der Waals surface area contributed by atoms with Gasteiger partial charge in [0.15, 0.2) is 0 Å². The summed E-state index contributed by atoms with van der Waals surface area (Å²) in [6, 6.07) is 20.5. The van der Waals surface area contributed by atoms with E-state index in [2.05, 4.69) is 101 Å². The largest absolute Gasteiger partial charge is 0.378 e. The second kappa shape index (κ2) is 8.08. The van der Waals surface area contributed by atoms with Gasteiger partial charge in [-0.05, 0) is 48.9 Å². The molecule has 0 aliphatic rings. The zero-order chi connectivity index (χ0) is 18.5. The van der Waals surface area contributed by atoms with Crippen molar-refractivity contribution in [1.82, 2.24) is 0 Å². The fraction of sp³-hybridized carbons (Fsp3) is 0.500. The van der Waals surface area contributed by atoms with Crippen molar-refractivity contribution in [2.45, 2.75) is 64.2 Å². The van der Waals surface area contributed by atoms with Crippen LogP contribution in [0.3, 0.4) is 0 Å². The Morgan fingerprint density at radius 1 is 0.600 bits per heavy atom. The molecule has 1 heteroatoms. The van der Waals surface area contributed by atoms with Crippen LogP contribution in [-0.2, 0) is 10.8 Å². The number of anilines is 1. The van der Waals surface area contributed by atoms with Crippen molar-refractivity contribution in [3.8, 4) is 0 Å². The average molecular weight is 338 g/mol.